The normalized spacial score (nSPS) is 12.6. The van der Waals surface area contributed by atoms with Crippen LogP contribution in [0, 0.1) is 0 Å². The summed E-state index contributed by atoms with van der Waals surface area (Å²) in [7, 11) is 0. The van der Waals surface area contributed by atoms with E-state index < -0.39 is 12.1 Å². The zero-order valence-corrected chi connectivity index (χ0v) is 26.6. The number of carbonyl (C=O) groups is 1. The Kier molecular flexibility index (Phi) is 11.2. The zero-order valence-electron chi connectivity index (χ0n) is 25.8. The third-order valence-electron chi connectivity index (χ3n) is 7.63. The van der Waals surface area contributed by atoms with Crippen molar-refractivity contribution in [3.63, 3.8) is 0 Å². The van der Waals surface area contributed by atoms with E-state index in [1.807, 2.05) is 85.8 Å². The molecule has 0 saturated carbocycles. The van der Waals surface area contributed by atoms with Gasteiger partial charge in [0.25, 0.3) is 0 Å². The van der Waals surface area contributed by atoms with Gasteiger partial charge < -0.3 is 14.9 Å². The number of aromatic nitrogens is 1. The van der Waals surface area contributed by atoms with Gasteiger partial charge in [-0.3, -0.25) is 19.7 Å². The van der Waals surface area contributed by atoms with Crippen molar-refractivity contribution < 1.29 is 29.5 Å². The highest BCUT2D eigenvalue weighted by Crippen LogP contribution is 2.33. The van der Waals surface area contributed by atoms with Crippen LogP contribution in [-0.4, -0.2) is 45.3 Å². The van der Waals surface area contributed by atoms with Gasteiger partial charge in [0, 0.05) is 54.3 Å². The number of ether oxygens (including phenoxy) is 1. The molecule has 46 heavy (non-hydrogen) atoms. The first kappa shape index (κ1) is 32.9. The van der Waals surface area contributed by atoms with Crippen molar-refractivity contribution in [3.8, 4) is 17.2 Å². The highest BCUT2D eigenvalue weighted by atomic mass is 35.5. The Morgan fingerprint density at radius 3 is 2.37 bits per heavy atom. The Labute approximate surface area is 273 Å². The topological polar surface area (TPSA) is 101 Å². The van der Waals surface area contributed by atoms with Crippen molar-refractivity contribution in [2.24, 2.45) is 0 Å². The molecule has 238 valence electrons. The highest BCUT2D eigenvalue weighted by Gasteiger charge is 2.23. The van der Waals surface area contributed by atoms with Crippen LogP contribution in [0.3, 0.4) is 0 Å². The highest BCUT2D eigenvalue weighted by molar-refractivity contribution is 6.30. The van der Waals surface area contributed by atoms with Crippen LogP contribution < -0.4 is 9.62 Å². The van der Waals surface area contributed by atoms with Crippen LogP contribution >= 0.6 is 11.6 Å². The van der Waals surface area contributed by atoms with Gasteiger partial charge in [-0.05, 0) is 65.9 Å². The molecule has 0 unspecified atom stereocenters. The summed E-state index contributed by atoms with van der Waals surface area (Å²) in [5, 5.41) is 23.0. The molecular formula is C37H37ClN2O6. The van der Waals surface area contributed by atoms with Crippen LogP contribution in [0.25, 0.3) is 10.9 Å². The first-order chi connectivity index (χ1) is 22.3. The SMILES string of the molecule is CCc1cc(Oc2ccc(C[C@@H](CO)N(Cc3ccccc3)C[C@H](O)c3cccc(Cl)c3)cc2)c2ccc(OOC(C)=O)cc2n1. The lowest BCUT2D eigenvalue weighted by Crippen LogP contribution is -2.41. The molecule has 0 saturated heterocycles. The number of hydrogen-bond acceptors (Lipinski definition) is 8. The van der Waals surface area contributed by atoms with Gasteiger partial charge in [-0.2, -0.15) is 0 Å². The largest absolute Gasteiger partial charge is 0.457 e. The van der Waals surface area contributed by atoms with Crippen LogP contribution in [0.1, 0.15) is 42.3 Å². The Balaban J connectivity index is 1.33. The quantitative estimate of drug-likeness (QED) is 0.0968. The maximum absolute atomic E-state index is 11.1. The molecule has 0 amide bonds. The molecule has 2 atom stereocenters. The molecule has 8 nitrogen and oxygen atoms in total. The second kappa shape index (κ2) is 15.7. The minimum Gasteiger partial charge on any atom is -0.457 e. The first-order valence-corrected chi connectivity index (χ1v) is 15.6. The van der Waals surface area contributed by atoms with Gasteiger partial charge in [0.1, 0.15) is 11.5 Å². The monoisotopic (exact) mass is 640 g/mol. The molecule has 0 aliphatic heterocycles. The van der Waals surface area contributed by atoms with Gasteiger partial charge in [-0.1, -0.05) is 73.1 Å². The lowest BCUT2D eigenvalue weighted by molar-refractivity contribution is -0.210. The Morgan fingerprint density at radius 2 is 1.67 bits per heavy atom. The predicted octanol–water partition coefficient (Wildman–Crippen LogP) is 7.24. The van der Waals surface area contributed by atoms with Crippen molar-refractivity contribution >= 4 is 28.5 Å². The number of pyridine rings is 1. The number of carbonyl (C=O) groups excluding carboxylic acids is 1. The minimum absolute atomic E-state index is 0.0840. The molecular weight excluding hydrogens is 604 g/mol. The fourth-order valence-corrected chi connectivity index (χ4v) is 5.46. The molecule has 0 aliphatic rings. The summed E-state index contributed by atoms with van der Waals surface area (Å²) in [5.74, 6) is 1.10. The number of fused-ring (bicyclic) bond motifs is 1. The van der Waals surface area contributed by atoms with Crippen molar-refractivity contribution in [2.75, 3.05) is 13.2 Å². The molecule has 0 radical (unpaired) electrons. The number of aryl methyl sites for hydroxylation is 1. The number of nitrogens with zero attached hydrogens (tertiary/aromatic N) is 2. The molecule has 1 aromatic heterocycles. The van der Waals surface area contributed by atoms with Crippen LogP contribution in [-0.2, 0) is 29.1 Å². The summed E-state index contributed by atoms with van der Waals surface area (Å²) >= 11 is 6.19. The van der Waals surface area contributed by atoms with Crippen molar-refractivity contribution in [2.45, 2.75) is 45.4 Å². The van der Waals surface area contributed by atoms with Gasteiger partial charge in [-0.15, -0.1) is 0 Å². The maximum atomic E-state index is 11.1. The maximum Gasteiger partial charge on any atom is 0.352 e. The molecule has 0 bridgehead atoms. The fourth-order valence-electron chi connectivity index (χ4n) is 5.26. The van der Waals surface area contributed by atoms with E-state index >= 15 is 0 Å². The molecule has 1 heterocycles. The summed E-state index contributed by atoms with van der Waals surface area (Å²) in [6.45, 7) is 4.08. The molecule has 0 spiro atoms. The van der Waals surface area contributed by atoms with Crippen LogP contribution in [0.15, 0.2) is 103 Å². The van der Waals surface area contributed by atoms with Crippen molar-refractivity contribution in [1.29, 1.82) is 0 Å². The van der Waals surface area contributed by atoms with E-state index in [4.69, 9.17) is 21.2 Å². The standard InChI is InChI=1S/C37H37ClN2O6/c1-3-30-20-37(34-17-16-33(21-35(34)39-30)46-45-25(2)42)44-32-14-12-26(13-15-32)18-31(24-41)40(22-27-8-5-4-6-9-27)23-36(43)28-10-7-11-29(38)19-28/h4-17,19-21,31,36,41,43H,3,18,22-24H2,1-2H3/t31-,36-/m0/s1. The van der Waals surface area contributed by atoms with Crippen molar-refractivity contribution in [1.82, 2.24) is 9.88 Å². The summed E-state index contributed by atoms with van der Waals surface area (Å²) in [6, 6.07) is 31.9. The van der Waals surface area contributed by atoms with E-state index in [-0.39, 0.29) is 12.6 Å². The lowest BCUT2D eigenvalue weighted by atomic mass is 10.0. The smallest absolute Gasteiger partial charge is 0.352 e. The summed E-state index contributed by atoms with van der Waals surface area (Å²) in [5.41, 5.74) is 4.33. The van der Waals surface area contributed by atoms with Gasteiger partial charge in [-0.25, -0.2) is 4.79 Å². The van der Waals surface area contributed by atoms with Gasteiger partial charge in [0.2, 0.25) is 0 Å². The molecule has 5 aromatic rings. The summed E-state index contributed by atoms with van der Waals surface area (Å²) < 4.78 is 6.33. The number of aliphatic hydroxyl groups is 2. The minimum atomic E-state index is -0.778. The second-order valence-electron chi connectivity index (χ2n) is 11.1. The summed E-state index contributed by atoms with van der Waals surface area (Å²) in [4.78, 5) is 27.7. The first-order valence-electron chi connectivity index (χ1n) is 15.2. The van der Waals surface area contributed by atoms with E-state index in [2.05, 4.69) is 14.8 Å². The van der Waals surface area contributed by atoms with E-state index in [0.717, 1.165) is 27.8 Å². The Morgan fingerprint density at radius 1 is 0.913 bits per heavy atom. The fraction of sp³-hybridized carbons (Fsp3) is 0.243. The van der Waals surface area contributed by atoms with Crippen molar-refractivity contribution in [3.05, 3.63) is 131 Å². The molecule has 0 aliphatic carbocycles. The van der Waals surface area contributed by atoms with Crippen LogP contribution in [0.2, 0.25) is 5.02 Å². The predicted molar refractivity (Wildman–Crippen MR) is 178 cm³/mol. The third kappa shape index (κ3) is 8.83. The molecule has 2 N–H and O–H groups in total. The average Bonchev–Trinajstić information content (AvgIpc) is 3.06. The second-order valence-corrected chi connectivity index (χ2v) is 11.5. The third-order valence-corrected chi connectivity index (χ3v) is 7.87. The average molecular weight is 641 g/mol. The zero-order chi connectivity index (χ0) is 32.5. The number of hydrogen-bond donors (Lipinski definition) is 2. The molecule has 5 rings (SSSR count). The van der Waals surface area contributed by atoms with Crippen LogP contribution in [0.5, 0.6) is 17.2 Å². The molecule has 9 heteroatoms. The molecule has 0 fully saturated rings. The Hall–Kier alpha value is -4.47. The number of benzene rings is 4. The summed E-state index contributed by atoms with van der Waals surface area (Å²) in [6.07, 6.45) is 0.489. The Bertz CT molecular complexity index is 1750. The van der Waals surface area contributed by atoms with Gasteiger partial charge in [0.15, 0.2) is 5.75 Å². The lowest BCUT2D eigenvalue weighted by Gasteiger charge is -2.32. The van der Waals surface area contributed by atoms with Gasteiger partial charge in [0.05, 0.1) is 18.2 Å². The van der Waals surface area contributed by atoms with Crippen LogP contribution in [0.4, 0.5) is 0 Å². The van der Waals surface area contributed by atoms with E-state index in [1.54, 1.807) is 24.3 Å². The number of aliphatic hydroxyl groups excluding tert-OH is 2. The van der Waals surface area contributed by atoms with E-state index in [9.17, 15) is 15.0 Å². The number of halogens is 1. The van der Waals surface area contributed by atoms with Gasteiger partial charge >= 0.3 is 5.97 Å². The molecule has 4 aromatic carbocycles. The number of rotatable bonds is 14. The van der Waals surface area contributed by atoms with E-state index in [0.29, 0.717) is 53.7 Å². The van der Waals surface area contributed by atoms with E-state index in [1.165, 1.54) is 6.92 Å².